The molecule has 172 valence electrons. The minimum atomic E-state index is 0.0673. The molecule has 0 aliphatic rings. The van der Waals surface area contributed by atoms with Gasteiger partial charge in [0, 0.05) is 49.9 Å². The molecule has 4 aromatic rings. The molecule has 4 heterocycles. The van der Waals surface area contributed by atoms with Crippen LogP contribution in [0.25, 0.3) is 11.4 Å². The summed E-state index contributed by atoms with van der Waals surface area (Å²) in [6.45, 7) is 2.50. The molecule has 0 radical (unpaired) electrons. The van der Waals surface area contributed by atoms with Crippen molar-refractivity contribution < 1.29 is 4.74 Å². The first-order valence-electron chi connectivity index (χ1n) is 10.6. The van der Waals surface area contributed by atoms with Gasteiger partial charge in [-0.15, -0.1) is 0 Å². The van der Waals surface area contributed by atoms with Gasteiger partial charge in [-0.3, -0.25) is 4.98 Å². The molecule has 10 heteroatoms. The maximum absolute atomic E-state index is 6.13. The van der Waals surface area contributed by atoms with E-state index >= 15 is 0 Å². The molecule has 0 saturated heterocycles. The highest BCUT2D eigenvalue weighted by molar-refractivity contribution is 6.29. The van der Waals surface area contributed by atoms with Crippen molar-refractivity contribution in [2.24, 2.45) is 7.05 Å². The van der Waals surface area contributed by atoms with Crippen LogP contribution in [0.5, 0.6) is 5.88 Å². The molecule has 0 unspecified atom stereocenters. The standard InChI is InChI=1S/C24H23ClN8O/c1-16(8-11-34-24-19(15-30-33(24)2)23-28-10-7-22(26)32-23)31-20-12-21(25)29-14-18(20)6-5-17-4-3-9-27-13-17/h3-4,7,9-10,12-16H,8,11H2,1-2H3,(H,29,31)(H2,26,28,32)/t16-/m0/s1. The van der Waals surface area contributed by atoms with Crippen LogP contribution in [0, 0.1) is 11.8 Å². The van der Waals surface area contributed by atoms with Crippen LogP contribution < -0.4 is 15.8 Å². The summed E-state index contributed by atoms with van der Waals surface area (Å²) in [5, 5.41) is 8.11. The fourth-order valence-electron chi connectivity index (χ4n) is 3.15. The van der Waals surface area contributed by atoms with Crippen LogP contribution in [0.4, 0.5) is 11.5 Å². The molecule has 0 bridgehead atoms. The van der Waals surface area contributed by atoms with Gasteiger partial charge in [-0.25, -0.2) is 19.6 Å². The highest BCUT2D eigenvalue weighted by Gasteiger charge is 2.16. The Balaban J connectivity index is 1.41. The lowest BCUT2D eigenvalue weighted by atomic mass is 10.1. The largest absolute Gasteiger partial charge is 0.477 e. The quantitative estimate of drug-likeness (QED) is 0.308. The topological polar surface area (TPSA) is 117 Å². The first kappa shape index (κ1) is 23.0. The Morgan fingerprint density at radius 3 is 2.85 bits per heavy atom. The number of ether oxygens (including phenoxy) is 1. The number of hydrogen-bond donors (Lipinski definition) is 2. The normalized spacial score (nSPS) is 11.4. The van der Waals surface area contributed by atoms with Gasteiger partial charge in [0.2, 0.25) is 5.88 Å². The predicted molar refractivity (Wildman–Crippen MR) is 131 cm³/mol. The summed E-state index contributed by atoms with van der Waals surface area (Å²) in [7, 11) is 1.80. The molecule has 4 rings (SSSR count). The maximum Gasteiger partial charge on any atom is 0.222 e. The van der Waals surface area contributed by atoms with Gasteiger partial charge in [0.15, 0.2) is 5.82 Å². The van der Waals surface area contributed by atoms with Gasteiger partial charge in [-0.05, 0) is 31.2 Å². The number of pyridine rings is 2. The average Bonchev–Trinajstić information content (AvgIpc) is 3.19. The van der Waals surface area contributed by atoms with E-state index in [1.807, 2.05) is 12.1 Å². The summed E-state index contributed by atoms with van der Waals surface area (Å²) in [5.41, 5.74) is 8.84. The molecule has 1 atom stereocenters. The molecule has 34 heavy (non-hydrogen) atoms. The number of rotatable bonds is 7. The molecule has 4 aromatic heterocycles. The van der Waals surface area contributed by atoms with Gasteiger partial charge in [-0.1, -0.05) is 23.4 Å². The van der Waals surface area contributed by atoms with Crippen molar-refractivity contribution in [2.75, 3.05) is 17.7 Å². The van der Waals surface area contributed by atoms with E-state index in [1.54, 1.807) is 54.8 Å². The number of hydrogen-bond acceptors (Lipinski definition) is 8. The Kier molecular flexibility index (Phi) is 7.20. The SMILES string of the molecule is C[C@@H](CCOc1c(-c2nccc(N)n2)cnn1C)Nc1cc(Cl)ncc1C#Cc1cccnc1. The molecule has 0 saturated carbocycles. The number of aryl methyl sites for hydroxylation is 1. The van der Waals surface area contributed by atoms with E-state index < -0.39 is 0 Å². The lowest BCUT2D eigenvalue weighted by molar-refractivity contribution is 0.280. The molecule has 3 N–H and O–H groups in total. The van der Waals surface area contributed by atoms with Gasteiger partial charge in [0.25, 0.3) is 0 Å². The van der Waals surface area contributed by atoms with E-state index in [0.717, 1.165) is 16.8 Å². The third-order valence-electron chi connectivity index (χ3n) is 4.87. The van der Waals surface area contributed by atoms with Gasteiger partial charge in [-0.2, -0.15) is 5.10 Å². The zero-order chi connectivity index (χ0) is 23.9. The van der Waals surface area contributed by atoms with E-state index in [9.17, 15) is 0 Å². The third kappa shape index (κ3) is 5.79. The van der Waals surface area contributed by atoms with Crippen LogP contribution in [0.3, 0.4) is 0 Å². The number of nitrogens with two attached hydrogens (primary N) is 1. The summed E-state index contributed by atoms with van der Waals surface area (Å²) < 4.78 is 7.68. The molecule has 0 fully saturated rings. The zero-order valence-electron chi connectivity index (χ0n) is 18.7. The van der Waals surface area contributed by atoms with Gasteiger partial charge >= 0.3 is 0 Å². The molecule has 0 spiro atoms. The number of anilines is 2. The number of nitrogen functional groups attached to an aromatic ring is 1. The van der Waals surface area contributed by atoms with Crippen LogP contribution in [0.1, 0.15) is 24.5 Å². The monoisotopic (exact) mass is 474 g/mol. The van der Waals surface area contributed by atoms with Crippen molar-refractivity contribution in [3.05, 3.63) is 71.5 Å². The minimum absolute atomic E-state index is 0.0673. The van der Waals surface area contributed by atoms with Crippen LogP contribution in [-0.4, -0.2) is 42.4 Å². The Morgan fingerprint density at radius 2 is 2.06 bits per heavy atom. The van der Waals surface area contributed by atoms with E-state index in [1.165, 1.54) is 0 Å². The lowest BCUT2D eigenvalue weighted by Crippen LogP contribution is -2.19. The van der Waals surface area contributed by atoms with Gasteiger partial charge in [0.1, 0.15) is 16.5 Å². The van der Waals surface area contributed by atoms with Crippen molar-refractivity contribution in [1.82, 2.24) is 29.7 Å². The summed E-state index contributed by atoms with van der Waals surface area (Å²) in [4.78, 5) is 16.8. The average molecular weight is 475 g/mol. The minimum Gasteiger partial charge on any atom is -0.477 e. The lowest BCUT2D eigenvalue weighted by Gasteiger charge is -2.17. The molecule has 0 aromatic carbocycles. The molecule has 0 amide bonds. The van der Waals surface area contributed by atoms with E-state index in [0.29, 0.717) is 41.3 Å². The molecule has 9 nitrogen and oxygen atoms in total. The second-order valence-electron chi connectivity index (χ2n) is 7.52. The summed E-state index contributed by atoms with van der Waals surface area (Å²) in [6.07, 6.45) is 9.06. The molecular formula is C24H23ClN8O. The van der Waals surface area contributed by atoms with Crippen LogP contribution in [-0.2, 0) is 7.05 Å². The number of nitrogens with zero attached hydrogens (tertiary/aromatic N) is 6. The van der Waals surface area contributed by atoms with E-state index in [-0.39, 0.29) is 6.04 Å². The zero-order valence-corrected chi connectivity index (χ0v) is 19.5. The summed E-state index contributed by atoms with van der Waals surface area (Å²) in [5.74, 6) is 7.67. The second kappa shape index (κ2) is 10.6. The van der Waals surface area contributed by atoms with Crippen molar-refractivity contribution in [2.45, 2.75) is 19.4 Å². The van der Waals surface area contributed by atoms with Crippen LogP contribution in [0.2, 0.25) is 5.15 Å². The van der Waals surface area contributed by atoms with Crippen LogP contribution in [0.15, 0.2) is 55.2 Å². The van der Waals surface area contributed by atoms with Crippen molar-refractivity contribution in [1.29, 1.82) is 0 Å². The van der Waals surface area contributed by atoms with Gasteiger partial charge in [0.05, 0.1) is 24.1 Å². The molecular weight excluding hydrogens is 452 g/mol. The Bertz CT molecular complexity index is 1330. The number of aromatic nitrogens is 6. The smallest absolute Gasteiger partial charge is 0.222 e. The summed E-state index contributed by atoms with van der Waals surface area (Å²) in [6, 6.07) is 7.21. The Labute approximate surface area is 202 Å². The van der Waals surface area contributed by atoms with Crippen molar-refractivity contribution in [3.8, 4) is 29.1 Å². The predicted octanol–water partition coefficient (Wildman–Crippen LogP) is 3.57. The number of halogens is 1. The van der Waals surface area contributed by atoms with E-state index in [4.69, 9.17) is 22.1 Å². The van der Waals surface area contributed by atoms with Gasteiger partial charge < -0.3 is 15.8 Å². The number of nitrogens with one attached hydrogen (secondary N) is 1. The highest BCUT2D eigenvalue weighted by Crippen LogP contribution is 2.27. The van der Waals surface area contributed by atoms with Crippen molar-refractivity contribution in [3.63, 3.8) is 0 Å². The molecule has 0 aliphatic carbocycles. The van der Waals surface area contributed by atoms with Crippen LogP contribution >= 0.6 is 11.6 Å². The Hall–Kier alpha value is -4.16. The fourth-order valence-corrected chi connectivity index (χ4v) is 3.31. The fraction of sp³-hybridized carbons (Fsp3) is 0.208. The Morgan fingerprint density at radius 1 is 1.18 bits per heavy atom. The summed E-state index contributed by atoms with van der Waals surface area (Å²) >= 11 is 6.13. The van der Waals surface area contributed by atoms with E-state index in [2.05, 4.69) is 49.1 Å². The van der Waals surface area contributed by atoms with Crippen molar-refractivity contribution >= 4 is 23.1 Å². The maximum atomic E-state index is 6.13. The molecule has 0 aliphatic heterocycles. The second-order valence-corrected chi connectivity index (χ2v) is 7.91. The first-order valence-corrected chi connectivity index (χ1v) is 10.9. The highest BCUT2D eigenvalue weighted by atomic mass is 35.5. The first-order chi connectivity index (χ1) is 16.5. The third-order valence-corrected chi connectivity index (χ3v) is 5.07.